The zero-order valence-corrected chi connectivity index (χ0v) is 10.6. The molecule has 98 valence electrons. The second kappa shape index (κ2) is 5.19. The predicted molar refractivity (Wildman–Crippen MR) is 63.7 cm³/mol. The molecule has 0 fully saturated rings. The fraction of sp³-hybridized carbons (Fsp3) is 0. The maximum absolute atomic E-state index is 11.0. The lowest BCUT2D eigenvalue weighted by Crippen LogP contribution is -2.07. The van der Waals surface area contributed by atoms with E-state index in [1.165, 1.54) is 6.07 Å². The van der Waals surface area contributed by atoms with E-state index in [9.17, 15) is 16.8 Å². The molecule has 1 heterocycles. The van der Waals surface area contributed by atoms with E-state index in [2.05, 4.69) is 26.5 Å². The van der Waals surface area contributed by atoms with Crippen LogP contribution in [0.2, 0.25) is 0 Å². The second-order valence-electron chi connectivity index (χ2n) is 2.82. The molecular weight excluding hydrogens is 282 g/mol. The molecule has 0 atom stereocenters. The van der Waals surface area contributed by atoms with Crippen LogP contribution in [0.5, 0.6) is 11.6 Å². The number of hydrogen-bond acceptors (Lipinski definition) is 7. The van der Waals surface area contributed by atoms with Gasteiger partial charge in [0, 0.05) is 6.07 Å². The average molecular weight is 291 g/mol. The fourth-order valence-corrected chi connectivity index (χ4v) is 1.63. The molecule has 0 N–H and O–H groups in total. The summed E-state index contributed by atoms with van der Waals surface area (Å²) in [7, 11) is -7.78. The Kier molecular flexibility index (Phi) is 4.09. The van der Waals surface area contributed by atoms with Crippen molar-refractivity contribution in [3.63, 3.8) is 0 Å². The Labute approximate surface area is 105 Å². The molecule has 0 saturated carbocycles. The van der Waals surface area contributed by atoms with Gasteiger partial charge < -0.3 is 8.37 Å². The number of rotatable bonds is 6. The highest BCUT2D eigenvalue weighted by atomic mass is 32.2. The summed E-state index contributed by atoms with van der Waals surface area (Å²) in [5.74, 6) is -0.337. The Morgan fingerprint density at radius 2 is 1.56 bits per heavy atom. The minimum absolute atomic E-state index is 0.0988. The van der Waals surface area contributed by atoms with Crippen LogP contribution in [0.25, 0.3) is 0 Å². The molecule has 18 heavy (non-hydrogen) atoms. The largest absolute Gasteiger partial charge is 0.378 e. The molecule has 0 bridgehead atoms. The molecule has 0 unspecified atom stereocenters. The summed E-state index contributed by atoms with van der Waals surface area (Å²) in [6.45, 7) is 6.11. The maximum atomic E-state index is 11.0. The summed E-state index contributed by atoms with van der Waals surface area (Å²) in [6, 6.07) is 2.32. The zero-order valence-electron chi connectivity index (χ0n) is 9.01. The number of nitrogens with zero attached hydrogens (tertiary/aromatic N) is 1. The molecular formula is C9H9NO6S2. The van der Waals surface area contributed by atoms with Gasteiger partial charge in [0.05, 0.1) is 17.0 Å². The first-order valence-corrected chi connectivity index (χ1v) is 7.32. The molecule has 1 aromatic heterocycles. The Balaban J connectivity index is 2.88. The molecule has 0 aliphatic rings. The van der Waals surface area contributed by atoms with Crippen molar-refractivity contribution in [1.29, 1.82) is 0 Å². The third-order valence-electron chi connectivity index (χ3n) is 1.53. The van der Waals surface area contributed by atoms with E-state index >= 15 is 0 Å². The van der Waals surface area contributed by atoms with Gasteiger partial charge in [-0.3, -0.25) is 0 Å². The van der Waals surface area contributed by atoms with E-state index in [1.54, 1.807) is 0 Å². The molecule has 9 heteroatoms. The SMILES string of the molecule is C=CS(=O)(=O)Oc1ccc(OS(=O)(=O)C=C)nc1. The molecule has 0 saturated heterocycles. The Morgan fingerprint density at radius 1 is 1.00 bits per heavy atom. The van der Waals surface area contributed by atoms with Gasteiger partial charge in [-0.2, -0.15) is 16.8 Å². The quantitative estimate of drug-likeness (QED) is 0.714. The van der Waals surface area contributed by atoms with Crippen molar-refractivity contribution >= 4 is 20.2 Å². The summed E-state index contributed by atoms with van der Waals surface area (Å²) >= 11 is 0. The molecule has 0 aliphatic heterocycles. The van der Waals surface area contributed by atoms with E-state index in [0.29, 0.717) is 10.8 Å². The van der Waals surface area contributed by atoms with Crippen LogP contribution in [0, 0.1) is 0 Å². The third-order valence-corrected chi connectivity index (χ3v) is 3.18. The molecule has 0 aromatic carbocycles. The van der Waals surface area contributed by atoms with Crippen molar-refractivity contribution in [2.45, 2.75) is 0 Å². The average Bonchev–Trinajstić information content (AvgIpc) is 2.31. The lowest BCUT2D eigenvalue weighted by Gasteiger charge is -2.04. The van der Waals surface area contributed by atoms with Gasteiger partial charge in [-0.25, -0.2) is 4.98 Å². The minimum atomic E-state index is -3.90. The van der Waals surface area contributed by atoms with Crippen LogP contribution in [0.3, 0.4) is 0 Å². The standard InChI is InChI=1S/C9H9NO6S2/c1-3-17(11,12)15-8-5-6-9(10-7-8)16-18(13,14)4-2/h3-7H,1-2H2. The van der Waals surface area contributed by atoms with Gasteiger partial charge in [0.25, 0.3) is 0 Å². The molecule has 7 nitrogen and oxygen atoms in total. The van der Waals surface area contributed by atoms with Gasteiger partial charge in [-0.05, 0) is 6.07 Å². The van der Waals surface area contributed by atoms with Crippen LogP contribution in [0.1, 0.15) is 0 Å². The van der Waals surface area contributed by atoms with Gasteiger partial charge in [-0.1, -0.05) is 13.2 Å². The van der Waals surface area contributed by atoms with Crippen molar-refractivity contribution < 1.29 is 25.2 Å². The van der Waals surface area contributed by atoms with Crippen LogP contribution in [-0.4, -0.2) is 21.8 Å². The summed E-state index contributed by atoms with van der Waals surface area (Å²) in [5.41, 5.74) is 0. The molecule has 0 aliphatic carbocycles. The zero-order chi connectivity index (χ0) is 13.8. The highest BCUT2D eigenvalue weighted by Gasteiger charge is 2.10. The summed E-state index contributed by atoms with van der Waals surface area (Å²) in [6.07, 6.45) is 0.995. The van der Waals surface area contributed by atoms with Crippen LogP contribution in [0.15, 0.2) is 42.3 Å². The summed E-state index contributed by atoms with van der Waals surface area (Å²) in [5, 5.41) is 1.24. The highest BCUT2D eigenvalue weighted by molar-refractivity contribution is 7.90. The van der Waals surface area contributed by atoms with Crippen LogP contribution >= 0.6 is 0 Å². The molecule has 0 amide bonds. The van der Waals surface area contributed by atoms with Gasteiger partial charge in [0.15, 0.2) is 5.75 Å². The maximum Gasteiger partial charge on any atom is 0.333 e. The second-order valence-corrected chi connectivity index (χ2v) is 5.79. The van der Waals surface area contributed by atoms with Crippen LogP contribution < -0.4 is 8.37 Å². The highest BCUT2D eigenvalue weighted by Crippen LogP contribution is 2.17. The van der Waals surface area contributed by atoms with E-state index in [0.717, 1.165) is 12.3 Å². The van der Waals surface area contributed by atoms with E-state index in [1.807, 2.05) is 0 Å². The Morgan fingerprint density at radius 3 is 2.00 bits per heavy atom. The lowest BCUT2D eigenvalue weighted by atomic mass is 10.5. The van der Waals surface area contributed by atoms with Crippen molar-refractivity contribution in [1.82, 2.24) is 4.98 Å². The van der Waals surface area contributed by atoms with E-state index in [4.69, 9.17) is 0 Å². The van der Waals surface area contributed by atoms with Crippen LogP contribution in [-0.2, 0) is 20.2 Å². The Bertz CT molecular complexity index is 586. The van der Waals surface area contributed by atoms with Crippen molar-refractivity contribution in [2.75, 3.05) is 0 Å². The predicted octanol–water partition coefficient (Wildman–Crippen LogP) is 0.786. The molecule has 1 rings (SSSR count). The van der Waals surface area contributed by atoms with Crippen molar-refractivity contribution in [2.24, 2.45) is 0 Å². The lowest BCUT2D eigenvalue weighted by molar-refractivity contribution is 0.478. The van der Waals surface area contributed by atoms with Gasteiger partial charge in [0.2, 0.25) is 5.88 Å². The first kappa shape index (κ1) is 14.2. The van der Waals surface area contributed by atoms with E-state index < -0.39 is 20.2 Å². The third kappa shape index (κ3) is 4.18. The van der Waals surface area contributed by atoms with Crippen molar-refractivity contribution in [3.05, 3.63) is 42.3 Å². The van der Waals surface area contributed by atoms with Gasteiger partial charge in [0.1, 0.15) is 0 Å². The summed E-state index contributed by atoms with van der Waals surface area (Å²) in [4.78, 5) is 3.56. The molecule has 0 spiro atoms. The minimum Gasteiger partial charge on any atom is -0.378 e. The monoisotopic (exact) mass is 291 g/mol. The van der Waals surface area contributed by atoms with Gasteiger partial charge >= 0.3 is 20.2 Å². The van der Waals surface area contributed by atoms with E-state index in [-0.39, 0.29) is 11.6 Å². The van der Waals surface area contributed by atoms with Crippen molar-refractivity contribution in [3.8, 4) is 11.6 Å². The summed E-state index contributed by atoms with van der Waals surface area (Å²) < 4.78 is 53.1. The molecule has 0 radical (unpaired) electrons. The first-order chi connectivity index (χ1) is 8.28. The fourth-order valence-electron chi connectivity index (χ4n) is 0.786. The topological polar surface area (TPSA) is 99.6 Å². The normalized spacial score (nSPS) is 11.6. The van der Waals surface area contributed by atoms with Crippen LogP contribution in [0.4, 0.5) is 0 Å². The smallest absolute Gasteiger partial charge is 0.333 e. The Hall–Kier alpha value is -1.87. The number of aromatic nitrogens is 1. The molecule has 1 aromatic rings. The number of pyridine rings is 1. The van der Waals surface area contributed by atoms with Gasteiger partial charge in [-0.15, -0.1) is 0 Å². The first-order valence-electron chi connectivity index (χ1n) is 4.38. The number of hydrogen-bond donors (Lipinski definition) is 0.